The zero-order valence-corrected chi connectivity index (χ0v) is 15.6. The van der Waals surface area contributed by atoms with Crippen LogP contribution in [0.2, 0.25) is 0 Å². The number of hydrogen-bond acceptors (Lipinski definition) is 6. The van der Waals surface area contributed by atoms with Crippen molar-refractivity contribution in [3.05, 3.63) is 5.01 Å². The Kier molecular flexibility index (Phi) is 7.11. The van der Waals surface area contributed by atoms with Crippen LogP contribution in [0.4, 0.5) is 5.13 Å². The van der Waals surface area contributed by atoms with Crippen LogP contribution in [0.5, 0.6) is 0 Å². The largest absolute Gasteiger partial charge is 0.342 e. The number of carbonyl (C=O) groups is 2. The molecular weight excluding hydrogens is 326 g/mol. The third kappa shape index (κ3) is 5.52. The van der Waals surface area contributed by atoms with Crippen LogP contribution in [0, 0.1) is 5.92 Å². The number of aryl methyl sites for hydroxylation is 1. The highest BCUT2D eigenvalue weighted by molar-refractivity contribution is 7.15. The van der Waals surface area contributed by atoms with E-state index in [1.165, 1.54) is 11.3 Å². The van der Waals surface area contributed by atoms with Gasteiger partial charge in [-0.3, -0.25) is 9.59 Å². The van der Waals surface area contributed by atoms with E-state index >= 15 is 0 Å². The number of nitrogens with zero attached hydrogens (tertiary/aromatic N) is 4. The molecule has 24 heavy (non-hydrogen) atoms. The number of aromatic nitrogens is 2. The first-order valence-corrected chi connectivity index (χ1v) is 9.37. The number of nitrogens with one attached hydrogen (secondary N) is 1. The second-order valence-electron chi connectivity index (χ2n) is 6.49. The van der Waals surface area contributed by atoms with Crippen LogP contribution < -0.4 is 5.32 Å². The molecule has 1 fully saturated rings. The van der Waals surface area contributed by atoms with Gasteiger partial charge in [-0.05, 0) is 33.5 Å². The summed E-state index contributed by atoms with van der Waals surface area (Å²) in [7, 11) is 4.03. The average molecular weight is 353 g/mol. The van der Waals surface area contributed by atoms with Crippen LogP contribution in [-0.4, -0.2) is 65.5 Å². The lowest BCUT2D eigenvalue weighted by molar-refractivity contribution is -0.128. The van der Waals surface area contributed by atoms with Crippen molar-refractivity contribution in [1.82, 2.24) is 20.0 Å². The molecule has 0 saturated carbocycles. The van der Waals surface area contributed by atoms with Gasteiger partial charge in [0.25, 0.3) is 0 Å². The van der Waals surface area contributed by atoms with Crippen molar-refractivity contribution in [2.24, 2.45) is 5.92 Å². The molecule has 2 heterocycles. The Labute approximate surface area is 147 Å². The van der Waals surface area contributed by atoms with Gasteiger partial charge in [0.05, 0.1) is 5.92 Å². The molecule has 1 unspecified atom stereocenters. The number of unbranched alkanes of at least 4 members (excludes halogenated alkanes) is 1. The fourth-order valence-corrected chi connectivity index (χ4v) is 3.47. The maximum absolute atomic E-state index is 12.4. The third-order valence-electron chi connectivity index (χ3n) is 4.06. The van der Waals surface area contributed by atoms with E-state index in [2.05, 4.69) is 27.3 Å². The predicted molar refractivity (Wildman–Crippen MR) is 95.0 cm³/mol. The second kappa shape index (κ2) is 9.08. The number of hydrogen-bond donors (Lipinski definition) is 1. The number of anilines is 1. The molecule has 2 rings (SSSR count). The van der Waals surface area contributed by atoms with Gasteiger partial charge in [0.2, 0.25) is 16.9 Å². The quantitative estimate of drug-likeness (QED) is 0.730. The van der Waals surface area contributed by atoms with Gasteiger partial charge < -0.3 is 15.1 Å². The van der Waals surface area contributed by atoms with Crippen LogP contribution in [0.15, 0.2) is 0 Å². The maximum atomic E-state index is 12.4. The molecule has 8 heteroatoms. The van der Waals surface area contributed by atoms with Crippen LogP contribution in [-0.2, 0) is 16.0 Å². The lowest BCUT2D eigenvalue weighted by Crippen LogP contribution is -2.30. The van der Waals surface area contributed by atoms with Crippen LogP contribution >= 0.6 is 11.3 Å². The zero-order valence-electron chi connectivity index (χ0n) is 14.7. The standard InChI is InChI=1S/C16H27N5O2S/c1-4-5-7-13-18-19-16(24-13)17-15(23)12-10-14(22)21(11-12)9-6-8-20(2)3/h12H,4-11H2,1-3H3,(H,17,19,23). The molecule has 1 saturated heterocycles. The van der Waals surface area contributed by atoms with Gasteiger partial charge in [-0.25, -0.2) is 0 Å². The summed E-state index contributed by atoms with van der Waals surface area (Å²) in [5, 5.41) is 12.4. The summed E-state index contributed by atoms with van der Waals surface area (Å²) in [6, 6.07) is 0. The van der Waals surface area contributed by atoms with E-state index in [-0.39, 0.29) is 24.2 Å². The summed E-state index contributed by atoms with van der Waals surface area (Å²) >= 11 is 1.42. The average Bonchev–Trinajstić information content (AvgIpc) is 3.12. The maximum Gasteiger partial charge on any atom is 0.231 e. The summed E-state index contributed by atoms with van der Waals surface area (Å²) in [5.74, 6) is -0.355. The molecule has 1 aliphatic rings. The molecule has 0 bridgehead atoms. The van der Waals surface area contributed by atoms with Crippen molar-refractivity contribution in [3.8, 4) is 0 Å². The summed E-state index contributed by atoms with van der Waals surface area (Å²) < 4.78 is 0. The van der Waals surface area contributed by atoms with E-state index in [9.17, 15) is 9.59 Å². The Balaban J connectivity index is 1.80. The molecule has 7 nitrogen and oxygen atoms in total. The first-order valence-electron chi connectivity index (χ1n) is 8.55. The highest BCUT2D eigenvalue weighted by Gasteiger charge is 2.34. The fourth-order valence-electron chi connectivity index (χ4n) is 2.68. The minimum absolute atomic E-state index is 0.0646. The smallest absolute Gasteiger partial charge is 0.231 e. The van der Waals surface area contributed by atoms with Crippen molar-refractivity contribution in [2.75, 3.05) is 39.0 Å². The van der Waals surface area contributed by atoms with Gasteiger partial charge >= 0.3 is 0 Å². The first-order chi connectivity index (χ1) is 11.5. The number of carbonyl (C=O) groups excluding carboxylic acids is 2. The molecular formula is C16H27N5O2S. The molecule has 0 aromatic carbocycles. The van der Waals surface area contributed by atoms with Crippen LogP contribution in [0.1, 0.15) is 37.6 Å². The molecule has 1 N–H and O–H groups in total. The van der Waals surface area contributed by atoms with E-state index in [0.29, 0.717) is 18.2 Å². The van der Waals surface area contributed by atoms with E-state index in [1.54, 1.807) is 4.90 Å². The number of likely N-dealkylation sites (tertiary alicyclic amines) is 1. The Hall–Kier alpha value is -1.54. The van der Waals surface area contributed by atoms with E-state index in [1.807, 2.05) is 14.1 Å². The molecule has 0 spiro atoms. The summed E-state index contributed by atoms with van der Waals surface area (Å²) in [5.41, 5.74) is 0. The summed E-state index contributed by atoms with van der Waals surface area (Å²) in [6.07, 6.45) is 4.28. The van der Waals surface area contributed by atoms with Crippen LogP contribution in [0.3, 0.4) is 0 Å². The topological polar surface area (TPSA) is 78.4 Å². The Bertz CT molecular complexity index is 560. The highest BCUT2D eigenvalue weighted by Crippen LogP contribution is 2.22. The number of amides is 2. The van der Waals surface area contributed by atoms with Gasteiger partial charge in [-0.15, -0.1) is 10.2 Å². The van der Waals surface area contributed by atoms with Gasteiger partial charge in [-0.2, -0.15) is 0 Å². The lowest BCUT2D eigenvalue weighted by Gasteiger charge is -2.17. The van der Waals surface area contributed by atoms with E-state index in [0.717, 1.165) is 37.2 Å². The zero-order chi connectivity index (χ0) is 17.5. The van der Waals surface area contributed by atoms with Crippen molar-refractivity contribution in [3.63, 3.8) is 0 Å². The van der Waals surface area contributed by atoms with E-state index < -0.39 is 0 Å². The monoisotopic (exact) mass is 353 g/mol. The lowest BCUT2D eigenvalue weighted by atomic mass is 10.1. The van der Waals surface area contributed by atoms with Crippen molar-refractivity contribution >= 4 is 28.3 Å². The predicted octanol–water partition coefficient (Wildman–Crippen LogP) is 1.62. The molecule has 1 aromatic rings. The summed E-state index contributed by atoms with van der Waals surface area (Å²) in [6.45, 7) is 4.28. The minimum Gasteiger partial charge on any atom is -0.342 e. The molecule has 0 radical (unpaired) electrons. The number of rotatable bonds is 9. The van der Waals surface area contributed by atoms with Crippen LogP contribution in [0.25, 0.3) is 0 Å². The SMILES string of the molecule is CCCCc1nnc(NC(=O)C2CC(=O)N(CCCN(C)C)C2)s1. The van der Waals surface area contributed by atoms with Crippen molar-refractivity contribution < 1.29 is 9.59 Å². The van der Waals surface area contributed by atoms with Gasteiger partial charge in [0.1, 0.15) is 5.01 Å². The molecule has 0 aliphatic carbocycles. The van der Waals surface area contributed by atoms with Gasteiger partial charge in [0.15, 0.2) is 0 Å². The van der Waals surface area contributed by atoms with Gasteiger partial charge in [0, 0.05) is 25.9 Å². The first kappa shape index (κ1) is 18.8. The molecule has 1 aromatic heterocycles. The van der Waals surface area contributed by atoms with Crippen molar-refractivity contribution in [1.29, 1.82) is 0 Å². The van der Waals surface area contributed by atoms with E-state index in [4.69, 9.17) is 0 Å². The second-order valence-corrected chi connectivity index (χ2v) is 7.55. The highest BCUT2D eigenvalue weighted by atomic mass is 32.1. The Morgan fingerprint density at radius 1 is 1.38 bits per heavy atom. The molecule has 1 atom stereocenters. The third-order valence-corrected chi connectivity index (χ3v) is 4.96. The van der Waals surface area contributed by atoms with Gasteiger partial charge in [-0.1, -0.05) is 24.7 Å². The normalized spacial score (nSPS) is 17.8. The fraction of sp³-hybridized carbons (Fsp3) is 0.750. The molecule has 1 aliphatic heterocycles. The van der Waals surface area contributed by atoms with Crippen molar-refractivity contribution in [2.45, 2.75) is 39.0 Å². The molecule has 2 amide bonds. The Morgan fingerprint density at radius 3 is 2.88 bits per heavy atom. The Morgan fingerprint density at radius 2 is 2.17 bits per heavy atom. The molecule has 134 valence electrons. The summed E-state index contributed by atoms with van der Waals surface area (Å²) in [4.78, 5) is 28.3. The minimum atomic E-state index is -0.292.